The van der Waals surface area contributed by atoms with Crippen LogP contribution in [0.1, 0.15) is 0 Å². The van der Waals surface area contributed by atoms with Gasteiger partial charge in [-0.2, -0.15) is 0 Å². The first-order valence-corrected chi connectivity index (χ1v) is 7.08. The lowest BCUT2D eigenvalue weighted by Crippen LogP contribution is -2.02. The predicted molar refractivity (Wildman–Crippen MR) is 91.9 cm³/mol. The van der Waals surface area contributed by atoms with Crippen LogP contribution in [0.25, 0.3) is 11.5 Å². The summed E-state index contributed by atoms with van der Waals surface area (Å²) >= 11 is 6.04. The van der Waals surface area contributed by atoms with E-state index >= 15 is 0 Å². The van der Waals surface area contributed by atoms with E-state index in [1.54, 1.807) is 18.2 Å². The lowest BCUT2D eigenvalue weighted by Gasteiger charge is -2.05. The van der Waals surface area contributed by atoms with E-state index in [1.165, 1.54) is 18.6 Å². The highest BCUT2D eigenvalue weighted by molar-refractivity contribution is 6.33. The van der Waals surface area contributed by atoms with Gasteiger partial charge in [0.25, 0.3) is 0 Å². The van der Waals surface area contributed by atoms with Crippen LogP contribution >= 0.6 is 11.6 Å². The average Bonchev–Trinajstić information content (AvgIpc) is 2.56. The molecule has 3 rings (SSSR count). The largest absolute Gasteiger partial charge is 0.399 e. The summed E-state index contributed by atoms with van der Waals surface area (Å²) in [5.41, 5.74) is 19.0. The van der Waals surface area contributed by atoms with Crippen molar-refractivity contribution in [2.45, 2.75) is 0 Å². The van der Waals surface area contributed by atoms with Crippen molar-refractivity contribution in [1.29, 1.82) is 0 Å². The molecule has 0 saturated heterocycles. The molecule has 10 heteroatoms. The van der Waals surface area contributed by atoms with Crippen LogP contribution in [0.3, 0.4) is 0 Å². The second kappa shape index (κ2) is 6.42. The second-order valence-corrected chi connectivity index (χ2v) is 5.08. The summed E-state index contributed by atoms with van der Waals surface area (Å²) in [5.74, 6) is 0.388. The number of anilines is 3. The quantitative estimate of drug-likeness (QED) is 0.488. The molecule has 0 aliphatic rings. The highest BCUT2D eigenvalue weighted by atomic mass is 35.5. The highest BCUT2D eigenvalue weighted by Crippen LogP contribution is 2.32. The molecule has 0 fully saturated rings. The van der Waals surface area contributed by atoms with Crippen LogP contribution in [0.2, 0.25) is 5.02 Å². The molecule has 0 atom stereocenters. The number of hydrogen-bond donors (Lipinski definition) is 3. The second-order valence-electron chi connectivity index (χ2n) is 4.67. The zero-order valence-corrected chi connectivity index (χ0v) is 13.0. The Morgan fingerprint density at radius 3 is 2.33 bits per heavy atom. The van der Waals surface area contributed by atoms with Gasteiger partial charge in [0.15, 0.2) is 23.1 Å². The van der Waals surface area contributed by atoms with Gasteiger partial charge in [0.2, 0.25) is 0 Å². The monoisotopic (exact) mass is 341 g/mol. The molecule has 0 unspecified atom stereocenters. The number of nitrogens with zero attached hydrogens (tertiary/aromatic N) is 6. The number of benzene rings is 1. The molecule has 24 heavy (non-hydrogen) atoms. The first kappa shape index (κ1) is 15.6. The lowest BCUT2D eigenvalue weighted by atomic mass is 10.3. The van der Waals surface area contributed by atoms with E-state index in [1.807, 2.05) is 0 Å². The van der Waals surface area contributed by atoms with Gasteiger partial charge < -0.3 is 17.2 Å². The van der Waals surface area contributed by atoms with Crippen molar-refractivity contribution in [3.05, 3.63) is 41.8 Å². The fourth-order valence-corrected chi connectivity index (χ4v) is 2.06. The molecule has 2 heterocycles. The standard InChI is InChI=1S/C14H12ClN9/c15-8-5-7(16)1-2-9(8)23-24-11-12(17)21-14(22-13(11)18)10-6-19-3-4-20-10/h1-6H,16H2,(H4,17,18,21,22)/b24-23+. The van der Waals surface area contributed by atoms with Crippen LogP contribution in [0.5, 0.6) is 0 Å². The van der Waals surface area contributed by atoms with Gasteiger partial charge in [-0.1, -0.05) is 11.6 Å². The molecule has 0 spiro atoms. The number of aromatic nitrogens is 4. The molecule has 120 valence electrons. The SMILES string of the molecule is Nc1ccc(/N=N/c2c(N)nc(-c3cnccn3)nc2N)c(Cl)c1. The Morgan fingerprint density at radius 2 is 1.71 bits per heavy atom. The Morgan fingerprint density at radius 1 is 0.958 bits per heavy atom. The maximum absolute atomic E-state index is 6.04. The zero-order valence-electron chi connectivity index (χ0n) is 12.3. The molecule has 0 saturated carbocycles. The van der Waals surface area contributed by atoms with Gasteiger partial charge in [0.05, 0.1) is 11.2 Å². The van der Waals surface area contributed by atoms with Gasteiger partial charge in [-0.25, -0.2) is 15.0 Å². The third-order valence-corrected chi connectivity index (χ3v) is 3.26. The summed E-state index contributed by atoms with van der Waals surface area (Å²) in [5, 5.41) is 8.35. The molecule has 1 aromatic carbocycles. The maximum atomic E-state index is 6.04. The van der Waals surface area contributed by atoms with Crippen LogP contribution in [0.15, 0.2) is 47.0 Å². The number of nitrogen functional groups attached to an aromatic ring is 3. The van der Waals surface area contributed by atoms with E-state index in [4.69, 9.17) is 28.8 Å². The van der Waals surface area contributed by atoms with E-state index in [0.29, 0.717) is 22.1 Å². The van der Waals surface area contributed by atoms with Crippen molar-refractivity contribution in [3.8, 4) is 11.5 Å². The third-order valence-electron chi connectivity index (χ3n) is 2.96. The Hall–Kier alpha value is -3.33. The summed E-state index contributed by atoms with van der Waals surface area (Å²) in [6, 6.07) is 4.85. The fourth-order valence-electron chi connectivity index (χ4n) is 1.83. The minimum atomic E-state index is 0.0680. The van der Waals surface area contributed by atoms with Crippen LogP contribution < -0.4 is 17.2 Å². The number of halogens is 1. The Bertz CT molecular complexity index is 888. The molecule has 0 aliphatic carbocycles. The van der Waals surface area contributed by atoms with Crippen LogP contribution in [0.4, 0.5) is 28.7 Å². The normalized spacial score (nSPS) is 11.0. The highest BCUT2D eigenvalue weighted by Gasteiger charge is 2.12. The lowest BCUT2D eigenvalue weighted by molar-refractivity contribution is 1.10. The molecule has 0 amide bonds. The summed E-state index contributed by atoms with van der Waals surface area (Å²) in [6.07, 6.45) is 4.56. The average molecular weight is 342 g/mol. The van der Waals surface area contributed by atoms with Crippen molar-refractivity contribution in [1.82, 2.24) is 19.9 Å². The van der Waals surface area contributed by atoms with Gasteiger partial charge in [-0.15, -0.1) is 10.2 Å². The molecule has 0 radical (unpaired) electrons. The topological polar surface area (TPSA) is 154 Å². The molecular weight excluding hydrogens is 330 g/mol. The minimum absolute atomic E-state index is 0.0680. The number of azo groups is 1. The van der Waals surface area contributed by atoms with Crippen molar-refractivity contribution >= 4 is 40.3 Å². The van der Waals surface area contributed by atoms with E-state index in [9.17, 15) is 0 Å². The van der Waals surface area contributed by atoms with E-state index in [-0.39, 0.29) is 23.1 Å². The Labute approximate surface area is 141 Å². The van der Waals surface area contributed by atoms with Crippen LogP contribution in [-0.4, -0.2) is 19.9 Å². The minimum Gasteiger partial charge on any atom is -0.399 e. The summed E-state index contributed by atoms with van der Waals surface area (Å²) in [4.78, 5) is 16.3. The van der Waals surface area contributed by atoms with Gasteiger partial charge in [0, 0.05) is 18.1 Å². The summed E-state index contributed by atoms with van der Waals surface area (Å²) in [7, 11) is 0. The zero-order chi connectivity index (χ0) is 17.1. The maximum Gasteiger partial charge on any atom is 0.183 e. The van der Waals surface area contributed by atoms with Crippen molar-refractivity contribution in [2.75, 3.05) is 17.2 Å². The molecule has 2 aromatic heterocycles. The summed E-state index contributed by atoms with van der Waals surface area (Å²) < 4.78 is 0. The molecule has 9 nitrogen and oxygen atoms in total. The molecule has 0 aliphatic heterocycles. The fraction of sp³-hybridized carbons (Fsp3) is 0. The van der Waals surface area contributed by atoms with Gasteiger partial charge in [-0.05, 0) is 18.2 Å². The first-order valence-electron chi connectivity index (χ1n) is 6.70. The first-order chi connectivity index (χ1) is 11.5. The van der Waals surface area contributed by atoms with Crippen molar-refractivity contribution < 1.29 is 0 Å². The third kappa shape index (κ3) is 3.20. The van der Waals surface area contributed by atoms with E-state index in [2.05, 4.69) is 30.2 Å². The van der Waals surface area contributed by atoms with Crippen molar-refractivity contribution in [2.24, 2.45) is 10.2 Å². The van der Waals surface area contributed by atoms with Crippen LogP contribution in [-0.2, 0) is 0 Å². The Kier molecular flexibility index (Phi) is 4.17. The molecule has 6 N–H and O–H groups in total. The van der Waals surface area contributed by atoms with Gasteiger partial charge >= 0.3 is 0 Å². The number of hydrogen-bond acceptors (Lipinski definition) is 9. The Balaban J connectivity index is 1.96. The summed E-state index contributed by atoms with van der Waals surface area (Å²) in [6.45, 7) is 0. The van der Waals surface area contributed by atoms with E-state index < -0.39 is 0 Å². The molecule has 3 aromatic rings. The van der Waals surface area contributed by atoms with Gasteiger partial charge in [-0.3, -0.25) is 4.98 Å². The number of nitrogens with two attached hydrogens (primary N) is 3. The van der Waals surface area contributed by atoms with Crippen molar-refractivity contribution in [3.63, 3.8) is 0 Å². The van der Waals surface area contributed by atoms with Crippen LogP contribution in [0, 0.1) is 0 Å². The van der Waals surface area contributed by atoms with E-state index in [0.717, 1.165) is 0 Å². The molecule has 0 bridgehead atoms. The molecular formula is C14H12ClN9. The van der Waals surface area contributed by atoms with Gasteiger partial charge in [0.1, 0.15) is 11.4 Å². The predicted octanol–water partition coefficient (Wildman–Crippen LogP) is 2.75. The smallest absolute Gasteiger partial charge is 0.183 e. The number of rotatable bonds is 3.